The summed E-state index contributed by atoms with van der Waals surface area (Å²) in [6, 6.07) is 11.1. The van der Waals surface area contributed by atoms with Gasteiger partial charge in [0.25, 0.3) is 0 Å². The van der Waals surface area contributed by atoms with Crippen LogP contribution in [0.4, 0.5) is 25.0 Å². The monoisotopic (exact) mass is 371 g/mol. The lowest BCUT2D eigenvalue weighted by atomic mass is 10.0. The zero-order valence-electron chi connectivity index (χ0n) is 14.5. The maximum absolute atomic E-state index is 13.2. The molecule has 1 aliphatic carbocycles. The summed E-state index contributed by atoms with van der Waals surface area (Å²) in [4.78, 5) is 26.5. The van der Waals surface area contributed by atoms with E-state index in [1.54, 1.807) is 17.0 Å². The Morgan fingerprint density at radius 1 is 1.00 bits per heavy atom. The molecule has 0 aromatic heterocycles. The number of amides is 3. The number of nitrogens with one attached hydrogen (secondary N) is 2. The first-order valence-electron chi connectivity index (χ1n) is 8.83. The molecule has 1 saturated heterocycles. The Morgan fingerprint density at radius 2 is 1.78 bits per heavy atom. The Kier molecular flexibility index (Phi) is 4.30. The number of carbonyl (C=O) groups excluding carboxylic acids is 2. The van der Waals surface area contributed by atoms with Crippen molar-refractivity contribution < 1.29 is 18.4 Å². The van der Waals surface area contributed by atoms with E-state index in [9.17, 15) is 18.4 Å². The highest BCUT2D eigenvalue weighted by Gasteiger charge is 2.61. The van der Waals surface area contributed by atoms with Gasteiger partial charge in [-0.2, -0.15) is 0 Å². The van der Waals surface area contributed by atoms with Crippen molar-refractivity contribution in [2.45, 2.75) is 12.8 Å². The Bertz CT molecular complexity index is 887. The number of likely N-dealkylation sites (tertiary alicyclic amines) is 1. The first-order valence-corrected chi connectivity index (χ1v) is 8.83. The normalized spacial score (nSPS) is 23.3. The van der Waals surface area contributed by atoms with E-state index in [-0.39, 0.29) is 29.1 Å². The minimum absolute atomic E-state index is 0.138. The van der Waals surface area contributed by atoms with E-state index in [1.165, 1.54) is 36.4 Å². The van der Waals surface area contributed by atoms with Crippen LogP contribution in [0.3, 0.4) is 0 Å². The summed E-state index contributed by atoms with van der Waals surface area (Å²) in [6.07, 6.45) is 1.47. The third-order valence-corrected chi connectivity index (χ3v) is 5.37. The quantitative estimate of drug-likeness (QED) is 0.861. The maximum atomic E-state index is 13.2. The molecule has 2 aromatic carbocycles. The lowest BCUT2D eigenvalue weighted by Crippen LogP contribution is -2.33. The molecule has 2 atom stereocenters. The van der Waals surface area contributed by atoms with E-state index < -0.39 is 5.82 Å². The lowest BCUT2D eigenvalue weighted by molar-refractivity contribution is -0.118. The van der Waals surface area contributed by atoms with E-state index in [4.69, 9.17) is 0 Å². The first kappa shape index (κ1) is 17.5. The summed E-state index contributed by atoms with van der Waals surface area (Å²) in [6.45, 7) is 1.07. The van der Waals surface area contributed by atoms with Crippen LogP contribution in [0.5, 0.6) is 0 Å². The number of rotatable bonds is 3. The Morgan fingerprint density at radius 3 is 2.52 bits per heavy atom. The summed E-state index contributed by atoms with van der Waals surface area (Å²) in [5, 5.41) is 5.50. The number of hydrogen-bond donors (Lipinski definition) is 2. The molecular formula is C20H19F2N3O2. The van der Waals surface area contributed by atoms with E-state index in [0.29, 0.717) is 30.9 Å². The van der Waals surface area contributed by atoms with Crippen LogP contribution in [0.2, 0.25) is 0 Å². The fourth-order valence-electron chi connectivity index (χ4n) is 3.77. The van der Waals surface area contributed by atoms with Gasteiger partial charge in [-0.3, -0.25) is 4.79 Å². The van der Waals surface area contributed by atoms with Crippen molar-refractivity contribution in [2.24, 2.45) is 11.3 Å². The van der Waals surface area contributed by atoms with Gasteiger partial charge in [0, 0.05) is 35.8 Å². The average Bonchev–Trinajstić information content (AvgIpc) is 3.17. The SMILES string of the molecule is O=C(Nc1cccc(F)c1)[C@@H]1C[C@]12CCN(C(=O)Nc1ccc(F)cc1)C2. The molecule has 0 unspecified atom stereocenters. The van der Waals surface area contributed by atoms with Gasteiger partial charge in [0.15, 0.2) is 0 Å². The van der Waals surface area contributed by atoms with Crippen LogP contribution < -0.4 is 10.6 Å². The van der Waals surface area contributed by atoms with Crippen LogP contribution in [-0.4, -0.2) is 29.9 Å². The average molecular weight is 371 g/mol. The smallest absolute Gasteiger partial charge is 0.321 e. The summed E-state index contributed by atoms with van der Waals surface area (Å²) in [7, 11) is 0. The molecule has 2 fully saturated rings. The van der Waals surface area contributed by atoms with Gasteiger partial charge in [-0.15, -0.1) is 0 Å². The molecule has 0 radical (unpaired) electrons. The maximum Gasteiger partial charge on any atom is 0.321 e. The second-order valence-corrected chi connectivity index (χ2v) is 7.23. The Labute approximate surface area is 155 Å². The largest absolute Gasteiger partial charge is 0.326 e. The van der Waals surface area contributed by atoms with Crippen LogP contribution in [0, 0.1) is 23.0 Å². The van der Waals surface area contributed by atoms with Crippen molar-refractivity contribution in [1.82, 2.24) is 4.90 Å². The molecule has 2 aromatic rings. The number of hydrogen-bond acceptors (Lipinski definition) is 2. The second-order valence-electron chi connectivity index (χ2n) is 7.23. The van der Waals surface area contributed by atoms with Crippen molar-refractivity contribution in [3.63, 3.8) is 0 Å². The van der Waals surface area contributed by atoms with Crippen molar-refractivity contribution in [3.05, 3.63) is 60.2 Å². The molecule has 5 nitrogen and oxygen atoms in total. The number of nitrogens with zero attached hydrogens (tertiary/aromatic N) is 1. The predicted molar refractivity (Wildman–Crippen MR) is 97.2 cm³/mol. The highest BCUT2D eigenvalue weighted by Crippen LogP contribution is 2.58. The number of anilines is 2. The molecule has 4 rings (SSSR count). The molecular weight excluding hydrogens is 352 g/mol. The standard InChI is InChI=1S/C20H19F2N3O2/c21-13-4-6-15(7-5-13)24-19(27)25-9-8-20(12-25)11-17(20)18(26)23-16-3-1-2-14(22)10-16/h1-7,10,17H,8-9,11-12H2,(H,23,26)(H,24,27)/t17-,20-/m0/s1. The summed E-state index contributed by atoms with van der Waals surface area (Å²) in [5.74, 6) is -1.08. The van der Waals surface area contributed by atoms with Crippen molar-refractivity contribution in [1.29, 1.82) is 0 Å². The van der Waals surface area contributed by atoms with Crippen LogP contribution in [0.25, 0.3) is 0 Å². The third-order valence-electron chi connectivity index (χ3n) is 5.37. The van der Waals surface area contributed by atoms with Crippen LogP contribution >= 0.6 is 0 Å². The van der Waals surface area contributed by atoms with E-state index in [1.807, 2.05) is 0 Å². The predicted octanol–water partition coefficient (Wildman–Crippen LogP) is 3.85. The highest BCUT2D eigenvalue weighted by atomic mass is 19.1. The Hall–Kier alpha value is -2.96. The van der Waals surface area contributed by atoms with Crippen LogP contribution in [0.1, 0.15) is 12.8 Å². The molecule has 1 aliphatic heterocycles. The molecule has 7 heteroatoms. The highest BCUT2D eigenvalue weighted by molar-refractivity contribution is 5.95. The molecule has 1 saturated carbocycles. The number of carbonyl (C=O) groups is 2. The van der Waals surface area contributed by atoms with Gasteiger partial charge in [-0.1, -0.05) is 6.07 Å². The molecule has 2 N–H and O–H groups in total. The summed E-state index contributed by atoms with van der Waals surface area (Å²) >= 11 is 0. The number of halogens is 2. The molecule has 2 aliphatic rings. The summed E-state index contributed by atoms with van der Waals surface area (Å²) < 4.78 is 26.2. The molecule has 3 amide bonds. The molecule has 1 heterocycles. The van der Waals surface area contributed by atoms with Crippen molar-refractivity contribution >= 4 is 23.3 Å². The molecule has 27 heavy (non-hydrogen) atoms. The van der Waals surface area contributed by atoms with Gasteiger partial charge in [0.05, 0.1) is 0 Å². The van der Waals surface area contributed by atoms with Crippen LogP contribution in [0.15, 0.2) is 48.5 Å². The van der Waals surface area contributed by atoms with Gasteiger partial charge in [0.1, 0.15) is 11.6 Å². The molecule has 1 spiro atoms. The zero-order chi connectivity index (χ0) is 19.0. The zero-order valence-corrected chi connectivity index (χ0v) is 14.5. The van der Waals surface area contributed by atoms with Crippen LogP contribution in [-0.2, 0) is 4.79 Å². The second kappa shape index (κ2) is 6.64. The Balaban J connectivity index is 1.33. The third kappa shape index (κ3) is 3.63. The van der Waals surface area contributed by atoms with E-state index in [0.717, 1.165) is 6.42 Å². The van der Waals surface area contributed by atoms with Gasteiger partial charge < -0.3 is 15.5 Å². The molecule has 140 valence electrons. The van der Waals surface area contributed by atoms with Gasteiger partial charge in [-0.05, 0) is 55.3 Å². The summed E-state index contributed by atoms with van der Waals surface area (Å²) in [5.41, 5.74) is 0.766. The number of benzene rings is 2. The van der Waals surface area contributed by atoms with Crippen molar-refractivity contribution in [3.8, 4) is 0 Å². The van der Waals surface area contributed by atoms with Gasteiger partial charge in [-0.25, -0.2) is 13.6 Å². The van der Waals surface area contributed by atoms with E-state index >= 15 is 0 Å². The molecule has 0 bridgehead atoms. The van der Waals surface area contributed by atoms with Crippen molar-refractivity contribution in [2.75, 3.05) is 23.7 Å². The minimum atomic E-state index is -0.400. The lowest BCUT2D eigenvalue weighted by Gasteiger charge is -2.17. The number of urea groups is 1. The first-order chi connectivity index (χ1) is 12.9. The minimum Gasteiger partial charge on any atom is -0.326 e. The van der Waals surface area contributed by atoms with Gasteiger partial charge in [0.2, 0.25) is 5.91 Å². The van der Waals surface area contributed by atoms with Gasteiger partial charge >= 0.3 is 6.03 Å². The fraction of sp³-hybridized carbons (Fsp3) is 0.300. The van der Waals surface area contributed by atoms with E-state index in [2.05, 4.69) is 10.6 Å². The fourth-order valence-corrected chi connectivity index (χ4v) is 3.77. The topological polar surface area (TPSA) is 61.4 Å².